The number of aliphatic hydroxyl groups excluding tert-OH is 1. The van der Waals surface area contributed by atoms with Gasteiger partial charge in [-0.25, -0.2) is 4.79 Å². The fourth-order valence-electron chi connectivity index (χ4n) is 4.09. The zero-order valence-corrected chi connectivity index (χ0v) is 20.6. The summed E-state index contributed by atoms with van der Waals surface area (Å²) in [4.78, 5) is 15.3. The first-order valence-corrected chi connectivity index (χ1v) is 12.4. The number of aliphatic carboxylic acids is 1. The zero-order chi connectivity index (χ0) is 24.8. The number of hydrogen-bond donors (Lipinski definition) is 4. The van der Waals surface area contributed by atoms with Gasteiger partial charge in [0.2, 0.25) is 0 Å². The molecule has 4 rings (SSSR count). The number of thiophene rings is 1. The van der Waals surface area contributed by atoms with Gasteiger partial charge < -0.3 is 25.3 Å². The fourth-order valence-corrected chi connectivity index (χ4v) is 4.84. The standard InChI is InChI=1S/C28H30N2O4S/c1-28(2,15-20-16-29-27-19(12-13-26(32)33)7-5-9-22(20)27)30-17-21(31)18-34-24-10-4-3-8-23(24)25-11-6-14-35-25/h3-14,16,21,29-31H,15,17-18H2,1-2H3,(H,32,33)/b13-12+/t21-/m0/s1. The summed E-state index contributed by atoms with van der Waals surface area (Å²) < 4.78 is 5.97. The first-order valence-electron chi connectivity index (χ1n) is 11.5. The number of aliphatic hydroxyl groups is 1. The predicted molar refractivity (Wildman–Crippen MR) is 142 cm³/mol. The maximum Gasteiger partial charge on any atom is 0.328 e. The van der Waals surface area contributed by atoms with E-state index in [0.717, 1.165) is 50.7 Å². The Balaban J connectivity index is 1.35. The number of β-amino-alcohol motifs (C(OH)–C–C–N with tert-alkyl or cyclic N) is 1. The van der Waals surface area contributed by atoms with Crippen molar-refractivity contribution in [1.82, 2.24) is 10.3 Å². The molecular weight excluding hydrogens is 460 g/mol. The van der Waals surface area contributed by atoms with Crippen LogP contribution in [-0.4, -0.2) is 46.0 Å². The molecule has 0 spiro atoms. The molecule has 0 saturated carbocycles. The molecule has 0 radical (unpaired) electrons. The number of para-hydroxylation sites is 2. The minimum absolute atomic E-state index is 0.192. The first kappa shape index (κ1) is 24.7. The van der Waals surface area contributed by atoms with Crippen LogP contribution in [0.3, 0.4) is 0 Å². The van der Waals surface area contributed by atoms with Crippen molar-refractivity contribution in [2.75, 3.05) is 13.2 Å². The van der Waals surface area contributed by atoms with Gasteiger partial charge in [-0.2, -0.15) is 0 Å². The van der Waals surface area contributed by atoms with E-state index in [2.05, 4.69) is 30.2 Å². The largest absolute Gasteiger partial charge is 0.490 e. The van der Waals surface area contributed by atoms with Crippen LogP contribution in [0.5, 0.6) is 5.75 Å². The normalized spacial score (nSPS) is 12.9. The summed E-state index contributed by atoms with van der Waals surface area (Å²) >= 11 is 1.66. The molecule has 1 atom stereocenters. The van der Waals surface area contributed by atoms with E-state index >= 15 is 0 Å². The summed E-state index contributed by atoms with van der Waals surface area (Å²) in [6.07, 6.45) is 4.77. The molecule has 0 aliphatic carbocycles. The minimum Gasteiger partial charge on any atom is -0.490 e. The molecule has 0 fully saturated rings. The molecule has 182 valence electrons. The van der Waals surface area contributed by atoms with Gasteiger partial charge >= 0.3 is 5.97 Å². The molecule has 0 amide bonds. The van der Waals surface area contributed by atoms with Gasteiger partial charge in [-0.05, 0) is 61.1 Å². The molecule has 0 bridgehead atoms. The SMILES string of the molecule is CC(C)(Cc1c[nH]c2c(/C=C/C(=O)O)cccc12)NC[C@H](O)COc1ccccc1-c1cccs1. The van der Waals surface area contributed by atoms with E-state index in [1.807, 2.05) is 60.1 Å². The lowest BCUT2D eigenvalue weighted by Crippen LogP contribution is -2.46. The summed E-state index contributed by atoms with van der Waals surface area (Å²) in [5, 5.41) is 26.1. The van der Waals surface area contributed by atoms with Crippen molar-refractivity contribution in [1.29, 1.82) is 0 Å². The Morgan fingerprint density at radius 1 is 1.17 bits per heavy atom. The van der Waals surface area contributed by atoms with Crippen LogP contribution in [0.15, 0.2) is 72.3 Å². The van der Waals surface area contributed by atoms with E-state index in [1.165, 1.54) is 0 Å². The van der Waals surface area contributed by atoms with Gasteiger partial charge in [-0.1, -0.05) is 36.4 Å². The summed E-state index contributed by atoms with van der Waals surface area (Å²) in [5.74, 6) is -0.212. The van der Waals surface area contributed by atoms with Gasteiger partial charge in [0.15, 0.2) is 0 Å². The Labute approximate surface area is 208 Å². The lowest BCUT2D eigenvalue weighted by Gasteiger charge is -2.28. The van der Waals surface area contributed by atoms with E-state index in [1.54, 1.807) is 17.4 Å². The van der Waals surface area contributed by atoms with E-state index < -0.39 is 12.1 Å². The van der Waals surface area contributed by atoms with Gasteiger partial charge in [-0.15, -0.1) is 11.3 Å². The number of carboxylic acid groups (broad SMARTS) is 1. The summed E-state index contributed by atoms with van der Waals surface area (Å²) in [7, 11) is 0. The Morgan fingerprint density at radius 3 is 2.77 bits per heavy atom. The molecule has 35 heavy (non-hydrogen) atoms. The van der Waals surface area contributed by atoms with Crippen molar-refractivity contribution in [3.8, 4) is 16.2 Å². The fraction of sp³-hybridized carbons (Fsp3) is 0.250. The second kappa shape index (κ2) is 10.9. The number of carbonyl (C=O) groups is 1. The predicted octanol–water partition coefficient (Wildman–Crippen LogP) is 5.34. The second-order valence-electron chi connectivity index (χ2n) is 9.14. The zero-order valence-electron chi connectivity index (χ0n) is 19.8. The number of benzene rings is 2. The van der Waals surface area contributed by atoms with Crippen molar-refractivity contribution in [2.24, 2.45) is 0 Å². The van der Waals surface area contributed by atoms with Crippen LogP contribution in [-0.2, 0) is 11.2 Å². The van der Waals surface area contributed by atoms with Crippen LogP contribution >= 0.6 is 11.3 Å². The molecule has 2 aromatic carbocycles. The summed E-state index contributed by atoms with van der Waals surface area (Å²) in [6.45, 7) is 4.78. The maximum atomic E-state index is 10.9. The number of H-pyrrole nitrogens is 1. The van der Waals surface area contributed by atoms with Crippen LogP contribution in [0.2, 0.25) is 0 Å². The quantitative estimate of drug-likeness (QED) is 0.213. The lowest BCUT2D eigenvalue weighted by atomic mass is 9.94. The monoisotopic (exact) mass is 490 g/mol. The van der Waals surface area contributed by atoms with Crippen molar-refractivity contribution in [3.05, 3.63) is 83.4 Å². The molecule has 2 aromatic heterocycles. The van der Waals surface area contributed by atoms with Crippen LogP contribution in [0.25, 0.3) is 27.4 Å². The molecule has 4 N–H and O–H groups in total. The van der Waals surface area contributed by atoms with Crippen molar-refractivity contribution in [3.63, 3.8) is 0 Å². The van der Waals surface area contributed by atoms with Crippen molar-refractivity contribution < 1.29 is 19.7 Å². The third-order valence-electron chi connectivity index (χ3n) is 5.79. The average molecular weight is 491 g/mol. The third kappa shape index (κ3) is 6.39. The molecule has 2 heterocycles. The molecule has 0 aliphatic rings. The molecule has 0 saturated heterocycles. The Hall–Kier alpha value is -3.39. The smallest absolute Gasteiger partial charge is 0.328 e. The topological polar surface area (TPSA) is 94.6 Å². The molecule has 6 nitrogen and oxygen atoms in total. The molecular formula is C28H30N2O4S. The van der Waals surface area contributed by atoms with Gasteiger partial charge in [0.1, 0.15) is 18.5 Å². The second-order valence-corrected chi connectivity index (χ2v) is 10.1. The highest BCUT2D eigenvalue weighted by Crippen LogP contribution is 2.33. The highest BCUT2D eigenvalue weighted by molar-refractivity contribution is 7.13. The van der Waals surface area contributed by atoms with Crippen LogP contribution in [0.1, 0.15) is 25.0 Å². The lowest BCUT2D eigenvalue weighted by molar-refractivity contribution is -0.131. The maximum absolute atomic E-state index is 10.9. The molecule has 0 aliphatic heterocycles. The first-order chi connectivity index (χ1) is 16.8. The summed E-state index contributed by atoms with van der Waals surface area (Å²) in [5.41, 5.74) is 3.61. The number of aromatic amines is 1. The molecule has 0 unspecified atom stereocenters. The molecule has 7 heteroatoms. The number of rotatable bonds is 11. The van der Waals surface area contributed by atoms with E-state index in [4.69, 9.17) is 9.84 Å². The van der Waals surface area contributed by atoms with Crippen LogP contribution < -0.4 is 10.1 Å². The summed E-state index contributed by atoms with van der Waals surface area (Å²) in [6, 6.07) is 17.8. The van der Waals surface area contributed by atoms with Crippen molar-refractivity contribution in [2.45, 2.75) is 31.9 Å². The Bertz CT molecular complexity index is 1310. The van der Waals surface area contributed by atoms with Crippen LogP contribution in [0, 0.1) is 0 Å². The Kier molecular flexibility index (Phi) is 7.70. The number of hydrogen-bond acceptors (Lipinski definition) is 5. The number of nitrogens with one attached hydrogen (secondary N) is 2. The number of ether oxygens (including phenoxy) is 1. The Morgan fingerprint density at radius 2 is 2.00 bits per heavy atom. The number of carboxylic acids is 1. The average Bonchev–Trinajstić information content (AvgIpc) is 3.51. The number of fused-ring (bicyclic) bond motifs is 1. The molecule has 4 aromatic rings. The third-order valence-corrected chi connectivity index (χ3v) is 6.70. The van der Waals surface area contributed by atoms with E-state index in [-0.39, 0.29) is 12.1 Å². The van der Waals surface area contributed by atoms with Gasteiger partial charge in [0.25, 0.3) is 0 Å². The van der Waals surface area contributed by atoms with Crippen LogP contribution in [0.4, 0.5) is 0 Å². The van der Waals surface area contributed by atoms with E-state index in [0.29, 0.717) is 6.54 Å². The number of aromatic nitrogens is 1. The highest BCUT2D eigenvalue weighted by atomic mass is 32.1. The minimum atomic E-state index is -0.975. The van der Waals surface area contributed by atoms with Gasteiger partial charge in [-0.3, -0.25) is 0 Å². The van der Waals surface area contributed by atoms with Gasteiger partial charge in [0.05, 0.1) is 5.52 Å². The van der Waals surface area contributed by atoms with Crippen molar-refractivity contribution >= 4 is 34.3 Å². The van der Waals surface area contributed by atoms with E-state index in [9.17, 15) is 9.90 Å². The van der Waals surface area contributed by atoms with Gasteiger partial charge in [0, 0.05) is 40.2 Å². The highest BCUT2D eigenvalue weighted by Gasteiger charge is 2.22.